The number of nitrogens with one attached hydrogen (secondary N) is 1. The maximum absolute atomic E-state index is 12.9. The molecule has 0 spiro atoms. The van der Waals surface area contributed by atoms with Crippen molar-refractivity contribution in [3.8, 4) is 0 Å². The molecule has 2 aromatic heterocycles. The average Bonchev–Trinajstić information content (AvgIpc) is 2.72. The van der Waals surface area contributed by atoms with Crippen molar-refractivity contribution in [2.24, 2.45) is 7.05 Å². The molecular formula is C11H10BrF3N4. The second-order valence-corrected chi connectivity index (χ2v) is 4.77. The van der Waals surface area contributed by atoms with Crippen molar-refractivity contribution < 1.29 is 13.2 Å². The minimum Gasteiger partial charge on any atom is -0.362 e. The van der Waals surface area contributed by atoms with E-state index in [4.69, 9.17) is 0 Å². The number of aromatic nitrogens is 3. The minimum absolute atomic E-state index is 0.168. The highest BCUT2D eigenvalue weighted by molar-refractivity contribution is 9.10. The first-order valence-corrected chi connectivity index (χ1v) is 6.10. The molecule has 4 nitrogen and oxygen atoms in total. The van der Waals surface area contributed by atoms with Gasteiger partial charge in [-0.15, -0.1) is 0 Å². The molecule has 0 amide bonds. The van der Waals surface area contributed by atoms with Gasteiger partial charge in [0.2, 0.25) is 0 Å². The zero-order valence-corrected chi connectivity index (χ0v) is 11.5. The monoisotopic (exact) mass is 334 g/mol. The van der Waals surface area contributed by atoms with Crippen LogP contribution in [0.3, 0.4) is 0 Å². The third kappa shape index (κ3) is 3.25. The van der Waals surface area contributed by atoms with Crippen LogP contribution < -0.4 is 5.32 Å². The third-order valence-electron chi connectivity index (χ3n) is 2.49. The molecule has 2 rings (SSSR count). The number of nitrogens with zero attached hydrogens (tertiary/aromatic N) is 3. The zero-order chi connectivity index (χ0) is 14.0. The Morgan fingerprint density at radius 1 is 1.37 bits per heavy atom. The Morgan fingerprint density at radius 3 is 2.68 bits per heavy atom. The molecule has 0 fully saturated rings. The van der Waals surface area contributed by atoms with Crippen LogP contribution in [0.1, 0.15) is 11.4 Å². The predicted octanol–water partition coefficient (Wildman–Crippen LogP) is 3.21. The van der Waals surface area contributed by atoms with Gasteiger partial charge in [0, 0.05) is 30.1 Å². The van der Waals surface area contributed by atoms with Gasteiger partial charge in [-0.1, -0.05) is 0 Å². The summed E-state index contributed by atoms with van der Waals surface area (Å²) < 4.78 is 40.6. The predicted molar refractivity (Wildman–Crippen MR) is 67.5 cm³/mol. The van der Waals surface area contributed by atoms with Crippen LogP contribution in [0.4, 0.5) is 19.0 Å². The second kappa shape index (κ2) is 5.20. The van der Waals surface area contributed by atoms with Gasteiger partial charge in [0.15, 0.2) is 0 Å². The van der Waals surface area contributed by atoms with Gasteiger partial charge in [-0.25, -0.2) is 9.97 Å². The molecule has 1 N–H and O–H groups in total. The Hall–Kier alpha value is -1.57. The molecule has 0 bridgehead atoms. The van der Waals surface area contributed by atoms with Crippen LogP contribution >= 0.6 is 15.9 Å². The molecule has 2 aromatic rings. The lowest BCUT2D eigenvalue weighted by Gasteiger charge is -2.13. The van der Waals surface area contributed by atoms with Crippen LogP contribution in [-0.2, 0) is 19.8 Å². The van der Waals surface area contributed by atoms with E-state index in [1.807, 2.05) is 0 Å². The summed E-state index contributed by atoms with van der Waals surface area (Å²) in [6.07, 6.45) is 0.157. The largest absolute Gasteiger partial charge is 0.419 e. The lowest BCUT2D eigenvalue weighted by atomic mass is 10.2. The fraction of sp³-hybridized carbons (Fsp3) is 0.273. The van der Waals surface area contributed by atoms with Crippen molar-refractivity contribution in [2.75, 3.05) is 5.32 Å². The number of hydrogen-bond acceptors (Lipinski definition) is 3. The number of hydrogen-bond donors (Lipinski definition) is 1. The van der Waals surface area contributed by atoms with Crippen molar-refractivity contribution in [3.63, 3.8) is 0 Å². The summed E-state index contributed by atoms with van der Waals surface area (Å²) in [6.45, 7) is 0.168. The molecule has 0 aliphatic carbocycles. The van der Waals surface area contributed by atoms with Gasteiger partial charge < -0.3 is 9.88 Å². The Balaban J connectivity index is 2.23. The summed E-state index contributed by atoms with van der Waals surface area (Å²) in [7, 11) is 1.77. The molecule has 0 aliphatic heterocycles. The van der Waals surface area contributed by atoms with Crippen molar-refractivity contribution >= 4 is 21.7 Å². The number of rotatable bonds is 3. The molecule has 2 heterocycles. The summed E-state index contributed by atoms with van der Waals surface area (Å²) in [5.41, 5.74) is -0.809. The van der Waals surface area contributed by atoms with E-state index in [1.165, 1.54) is 6.20 Å². The minimum atomic E-state index is -4.46. The first-order chi connectivity index (χ1) is 8.88. The van der Waals surface area contributed by atoms with Crippen molar-refractivity contribution in [2.45, 2.75) is 12.7 Å². The highest BCUT2D eigenvalue weighted by Crippen LogP contribution is 2.35. The van der Waals surface area contributed by atoms with E-state index in [2.05, 4.69) is 31.2 Å². The van der Waals surface area contributed by atoms with Crippen LogP contribution in [0.25, 0.3) is 0 Å². The normalized spacial score (nSPS) is 11.6. The molecule has 19 heavy (non-hydrogen) atoms. The van der Waals surface area contributed by atoms with E-state index in [0.29, 0.717) is 5.82 Å². The number of alkyl halides is 3. The lowest BCUT2D eigenvalue weighted by Crippen LogP contribution is -2.13. The van der Waals surface area contributed by atoms with E-state index in [0.717, 1.165) is 6.07 Å². The van der Waals surface area contributed by atoms with Crippen LogP contribution in [0, 0.1) is 0 Å². The molecule has 0 atom stereocenters. The van der Waals surface area contributed by atoms with Gasteiger partial charge in [-0.05, 0) is 22.0 Å². The SMILES string of the molecule is Cn1ccnc1CNc1ncc(Br)cc1C(F)(F)F. The maximum Gasteiger partial charge on any atom is 0.419 e. The van der Waals surface area contributed by atoms with Crippen LogP contribution in [0.2, 0.25) is 0 Å². The number of imidazole rings is 1. The molecule has 102 valence electrons. The summed E-state index contributed by atoms with van der Waals surface area (Å²) in [6, 6.07) is 0.994. The van der Waals surface area contributed by atoms with Crippen molar-refractivity contribution in [3.05, 3.63) is 40.5 Å². The number of anilines is 1. The summed E-state index contributed by atoms with van der Waals surface area (Å²) >= 11 is 2.98. The van der Waals surface area contributed by atoms with Gasteiger partial charge in [-0.2, -0.15) is 13.2 Å². The van der Waals surface area contributed by atoms with E-state index >= 15 is 0 Å². The Labute approximate surface area is 115 Å². The molecule has 8 heteroatoms. The van der Waals surface area contributed by atoms with Gasteiger partial charge in [0.05, 0.1) is 12.1 Å². The van der Waals surface area contributed by atoms with E-state index in [9.17, 15) is 13.2 Å². The average molecular weight is 335 g/mol. The number of pyridine rings is 1. The molecule has 0 radical (unpaired) electrons. The lowest BCUT2D eigenvalue weighted by molar-refractivity contribution is -0.137. The Bertz CT molecular complexity index is 580. The maximum atomic E-state index is 12.9. The third-order valence-corrected chi connectivity index (χ3v) is 2.93. The topological polar surface area (TPSA) is 42.7 Å². The summed E-state index contributed by atoms with van der Waals surface area (Å²) in [4.78, 5) is 7.78. The van der Waals surface area contributed by atoms with Gasteiger partial charge >= 0.3 is 6.18 Å². The molecule has 0 aliphatic rings. The smallest absolute Gasteiger partial charge is 0.362 e. The van der Waals surface area contributed by atoms with Crippen LogP contribution in [0.5, 0.6) is 0 Å². The zero-order valence-electron chi connectivity index (χ0n) is 9.87. The molecule has 0 saturated heterocycles. The summed E-state index contributed by atoms with van der Waals surface area (Å²) in [5, 5.41) is 2.65. The molecular weight excluding hydrogens is 325 g/mol. The molecule has 0 unspecified atom stereocenters. The Kier molecular flexibility index (Phi) is 3.79. The Morgan fingerprint density at radius 2 is 2.11 bits per heavy atom. The van der Waals surface area contributed by atoms with Crippen molar-refractivity contribution in [1.29, 1.82) is 0 Å². The van der Waals surface area contributed by atoms with E-state index in [-0.39, 0.29) is 16.8 Å². The van der Waals surface area contributed by atoms with Crippen molar-refractivity contribution in [1.82, 2.24) is 14.5 Å². The fourth-order valence-corrected chi connectivity index (χ4v) is 1.86. The molecule has 0 saturated carbocycles. The van der Waals surface area contributed by atoms with Gasteiger partial charge in [0.25, 0.3) is 0 Å². The quantitative estimate of drug-likeness (QED) is 0.937. The standard InChI is InChI=1S/C11H10BrF3N4/c1-19-3-2-16-9(19)6-18-10-8(11(13,14)15)4-7(12)5-17-10/h2-5H,6H2,1H3,(H,17,18). The number of aryl methyl sites for hydroxylation is 1. The first kappa shape index (κ1) is 13.9. The van der Waals surface area contributed by atoms with Gasteiger partial charge in [0.1, 0.15) is 11.6 Å². The van der Waals surface area contributed by atoms with E-state index < -0.39 is 11.7 Å². The summed E-state index contributed by atoms with van der Waals surface area (Å²) in [5.74, 6) is 0.413. The van der Waals surface area contributed by atoms with Crippen LogP contribution in [-0.4, -0.2) is 14.5 Å². The van der Waals surface area contributed by atoms with E-state index in [1.54, 1.807) is 24.0 Å². The molecule has 0 aromatic carbocycles. The first-order valence-electron chi connectivity index (χ1n) is 5.31. The van der Waals surface area contributed by atoms with Crippen LogP contribution in [0.15, 0.2) is 29.1 Å². The number of halogens is 4. The highest BCUT2D eigenvalue weighted by atomic mass is 79.9. The fourth-order valence-electron chi connectivity index (χ4n) is 1.53. The second-order valence-electron chi connectivity index (χ2n) is 3.86. The highest BCUT2D eigenvalue weighted by Gasteiger charge is 2.34. The van der Waals surface area contributed by atoms with Gasteiger partial charge in [-0.3, -0.25) is 0 Å².